The third-order valence-electron chi connectivity index (χ3n) is 3.53. The van der Waals surface area contributed by atoms with E-state index in [0.717, 1.165) is 25.7 Å². The van der Waals surface area contributed by atoms with E-state index in [0.29, 0.717) is 18.5 Å². The first-order chi connectivity index (χ1) is 8.81. The van der Waals surface area contributed by atoms with Crippen LogP contribution in [0, 0.1) is 5.92 Å². The fourth-order valence-electron chi connectivity index (χ4n) is 2.30. The zero-order valence-corrected chi connectivity index (χ0v) is 12.8. The van der Waals surface area contributed by atoms with Crippen LogP contribution in [-0.2, 0) is 10.0 Å². The number of hydrogen-bond donors (Lipinski definition) is 3. The molecule has 1 rings (SSSR count). The molecule has 0 spiro atoms. The van der Waals surface area contributed by atoms with E-state index in [2.05, 4.69) is 22.0 Å². The smallest absolute Gasteiger partial charge is 0.208 e. The van der Waals surface area contributed by atoms with Crippen LogP contribution in [-0.4, -0.2) is 39.3 Å². The Bertz CT molecular complexity index is 408. The van der Waals surface area contributed by atoms with Gasteiger partial charge in [0.05, 0.1) is 6.26 Å². The monoisotopic (exact) mass is 290 g/mol. The van der Waals surface area contributed by atoms with Crippen LogP contribution in [0.5, 0.6) is 0 Å². The molecule has 0 amide bonds. The molecule has 0 saturated heterocycles. The van der Waals surface area contributed by atoms with Gasteiger partial charge in [-0.2, -0.15) is 0 Å². The van der Waals surface area contributed by atoms with Gasteiger partial charge in [-0.1, -0.05) is 13.3 Å². The van der Waals surface area contributed by atoms with Crippen molar-refractivity contribution in [1.82, 2.24) is 10.0 Å². The van der Waals surface area contributed by atoms with Crippen molar-refractivity contribution in [3.8, 4) is 0 Å². The second kappa shape index (κ2) is 7.09. The number of aliphatic imine (C=N–C) groups is 1. The van der Waals surface area contributed by atoms with Gasteiger partial charge >= 0.3 is 0 Å². The Morgan fingerprint density at radius 3 is 2.74 bits per heavy atom. The van der Waals surface area contributed by atoms with Crippen LogP contribution < -0.4 is 15.8 Å². The Kier molecular flexibility index (Phi) is 6.06. The second-order valence-electron chi connectivity index (χ2n) is 5.37. The van der Waals surface area contributed by atoms with Crippen LogP contribution in [0.3, 0.4) is 0 Å². The predicted molar refractivity (Wildman–Crippen MR) is 78.5 cm³/mol. The summed E-state index contributed by atoms with van der Waals surface area (Å²) in [6.45, 7) is 4.70. The van der Waals surface area contributed by atoms with Crippen LogP contribution in [0.2, 0.25) is 0 Å². The number of nitrogens with zero attached hydrogens (tertiary/aromatic N) is 1. The molecule has 3 atom stereocenters. The van der Waals surface area contributed by atoms with Crippen LogP contribution in [0.25, 0.3) is 0 Å². The summed E-state index contributed by atoms with van der Waals surface area (Å²) in [6.07, 6.45) is 5.09. The minimum atomic E-state index is -3.15. The number of hydrogen-bond acceptors (Lipinski definition) is 3. The summed E-state index contributed by atoms with van der Waals surface area (Å²) in [5.41, 5.74) is 5.80. The quantitative estimate of drug-likeness (QED) is 0.487. The van der Waals surface area contributed by atoms with E-state index in [-0.39, 0.29) is 12.0 Å². The van der Waals surface area contributed by atoms with Gasteiger partial charge in [0.25, 0.3) is 0 Å². The van der Waals surface area contributed by atoms with Crippen molar-refractivity contribution in [3.63, 3.8) is 0 Å². The van der Waals surface area contributed by atoms with Gasteiger partial charge in [-0.3, -0.25) is 4.99 Å². The highest BCUT2D eigenvalue weighted by Crippen LogP contribution is 2.26. The molecular weight excluding hydrogens is 264 g/mol. The highest BCUT2D eigenvalue weighted by atomic mass is 32.2. The highest BCUT2D eigenvalue weighted by molar-refractivity contribution is 7.88. The van der Waals surface area contributed by atoms with Gasteiger partial charge in [0.15, 0.2) is 5.96 Å². The van der Waals surface area contributed by atoms with E-state index in [1.807, 2.05) is 6.92 Å². The van der Waals surface area contributed by atoms with E-state index in [4.69, 9.17) is 5.73 Å². The molecular formula is C12H26N4O2S. The minimum Gasteiger partial charge on any atom is -0.370 e. The summed E-state index contributed by atoms with van der Waals surface area (Å²) in [5, 5.41) is 3.11. The van der Waals surface area contributed by atoms with Crippen molar-refractivity contribution in [2.75, 3.05) is 12.8 Å². The molecule has 0 aromatic heterocycles. The molecule has 1 fully saturated rings. The van der Waals surface area contributed by atoms with Crippen molar-refractivity contribution in [2.24, 2.45) is 16.6 Å². The molecule has 0 radical (unpaired) electrons. The van der Waals surface area contributed by atoms with E-state index in [1.165, 1.54) is 6.26 Å². The number of nitrogens with one attached hydrogen (secondary N) is 2. The Morgan fingerprint density at radius 2 is 2.16 bits per heavy atom. The molecule has 0 aliphatic heterocycles. The first kappa shape index (κ1) is 16.2. The van der Waals surface area contributed by atoms with Crippen LogP contribution >= 0.6 is 0 Å². The molecule has 1 aliphatic carbocycles. The summed E-state index contributed by atoms with van der Waals surface area (Å²) in [6, 6.07) is 0.299. The van der Waals surface area contributed by atoms with E-state index in [9.17, 15) is 8.42 Å². The fraction of sp³-hybridized carbons (Fsp3) is 0.917. The molecule has 7 heteroatoms. The summed E-state index contributed by atoms with van der Waals surface area (Å²) in [7, 11) is -3.15. The van der Waals surface area contributed by atoms with Crippen molar-refractivity contribution in [3.05, 3.63) is 0 Å². The summed E-state index contributed by atoms with van der Waals surface area (Å²) in [4.78, 5) is 4.32. The zero-order valence-electron chi connectivity index (χ0n) is 12.0. The molecule has 3 unspecified atom stereocenters. The van der Waals surface area contributed by atoms with E-state index in [1.54, 1.807) is 0 Å². The predicted octanol–water partition coefficient (Wildman–Crippen LogP) is 0.407. The van der Waals surface area contributed by atoms with Crippen molar-refractivity contribution in [1.29, 1.82) is 0 Å². The Morgan fingerprint density at radius 1 is 1.47 bits per heavy atom. The Labute approximate surface area is 116 Å². The third kappa shape index (κ3) is 6.24. The number of rotatable bonds is 6. The van der Waals surface area contributed by atoms with Crippen molar-refractivity contribution in [2.45, 2.75) is 51.6 Å². The molecule has 112 valence electrons. The van der Waals surface area contributed by atoms with Crippen molar-refractivity contribution >= 4 is 16.0 Å². The standard InChI is InChI=1S/C12H26N4O2S/c1-4-9(2)15-12(13)14-8-10-6-5-7-11(10)16-19(3,17)18/h9-11,16H,4-8H2,1-3H3,(H3,13,14,15). The number of nitrogens with two attached hydrogens (primary N) is 1. The van der Waals surface area contributed by atoms with Crippen molar-refractivity contribution < 1.29 is 8.42 Å². The SMILES string of the molecule is CCC(C)NC(N)=NCC1CCCC1NS(C)(=O)=O. The number of guanidine groups is 1. The second-order valence-corrected chi connectivity index (χ2v) is 7.15. The lowest BCUT2D eigenvalue weighted by atomic mass is 10.1. The van der Waals surface area contributed by atoms with E-state index < -0.39 is 10.0 Å². The lowest BCUT2D eigenvalue weighted by Gasteiger charge is -2.19. The largest absolute Gasteiger partial charge is 0.370 e. The lowest BCUT2D eigenvalue weighted by molar-refractivity contribution is 0.454. The van der Waals surface area contributed by atoms with Gasteiger partial charge in [-0.15, -0.1) is 0 Å². The lowest BCUT2D eigenvalue weighted by Crippen LogP contribution is -2.40. The Balaban J connectivity index is 2.49. The first-order valence-electron chi connectivity index (χ1n) is 6.85. The molecule has 4 N–H and O–H groups in total. The maximum absolute atomic E-state index is 11.3. The van der Waals surface area contributed by atoms with Crippen LogP contribution in [0.1, 0.15) is 39.5 Å². The normalized spacial score (nSPS) is 26.4. The molecule has 0 bridgehead atoms. The summed E-state index contributed by atoms with van der Waals surface area (Å²) in [5.74, 6) is 0.686. The maximum atomic E-state index is 11.3. The van der Waals surface area contributed by atoms with Crippen LogP contribution in [0.15, 0.2) is 4.99 Å². The van der Waals surface area contributed by atoms with Crippen LogP contribution in [0.4, 0.5) is 0 Å². The molecule has 1 aliphatic rings. The van der Waals surface area contributed by atoms with Gasteiger partial charge in [0, 0.05) is 18.6 Å². The summed E-state index contributed by atoms with van der Waals surface area (Å²) >= 11 is 0. The molecule has 6 nitrogen and oxygen atoms in total. The van der Waals surface area contributed by atoms with Gasteiger partial charge in [0.1, 0.15) is 0 Å². The number of sulfonamides is 1. The van der Waals surface area contributed by atoms with E-state index >= 15 is 0 Å². The van der Waals surface area contributed by atoms with Gasteiger partial charge in [-0.05, 0) is 32.1 Å². The van der Waals surface area contributed by atoms with Gasteiger partial charge < -0.3 is 11.1 Å². The highest BCUT2D eigenvalue weighted by Gasteiger charge is 2.29. The fourth-order valence-corrected chi connectivity index (χ4v) is 3.16. The topological polar surface area (TPSA) is 96.6 Å². The molecule has 19 heavy (non-hydrogen) atoms. The molecule has 0 heterocycles. The first-order valence-corrected chi connectivity index (χ1v) is 8.74. The third-order valence-corrected chi connectivity index (χ3v) is 4.26. The maximum Gasteiger partial charge on any atom is 0.208 e. The zero-order chi connectivity index (χ0) is 14.5. The average Bonchev–Trinajstić information content (AvgIpc) is 2.71. The molecule has 0 aromatic rings. The van der Waals surface area contributed by atoms with Gasteiger partial charge in [-0.25, -0.2) is 13.1 Å². The molecule has 0 aromatic carbocycles. The average molecular weight is 290 g/mol. The Hall–Kier alpha value is -0.820. The molecule has 1 saturated carbocycles. The van der Waals surface area contributed by atoms with Gasteiger partial charge in [0.2, 0.25) is 10.0 Å². The summed E-state index contributed by atoms with van der Waals surface area (Å²) < 4.78 is 25.2. The minimum absolute atomic E-state index is 0.00449.